The predicted molar refractivity (Wildman–Crippen MR) is 179 cm³/mol. The third-order valence-corrected chi connectivity index (χ3v) is 6.89. The summed E-state index contributed by atoms with van der Waals surface area (Å²) >= 11 is 0. The first-order valence-electron chi connectivity index (χ1n) is 13.9. The number of hydrogen-bond acceptors (Lipinski definition) is 14. The van der Waals surface area contributed by atoms with Crippen molar-refractivity contribution in [1.29, 1.82) is 0 Å². The van der Waals surface area contributed by atoms with Crippen LogP contribution in [0.15, 0.2) is 90.7 Å². The molecule has 0 saturated carbocycles. The molecule has 2 unspecified atom stereocenters. The first-order chi connectivity index (χ1) is 23.7. The number of aliphatic hydroxyl groups excluding tert-OH is 2. The molecule has 0 amide bonds. The van der Waals surface area contributed by atoms with Crippen LogP contribution in [0.1, 0.15) is 34.7 Å². The normalized spacial score (nSPS) is 13.1. The predicted octanol–water partition coefficient (Wildman–Crippen LogP) is -0.602. The van der Waals surface area contributed by atoms with Crippen LogP contribution >= 0.6 is 0 Å². The topological polar surface area (TPSA) is 372 Å². The molecule has 3 aromatic carbocycles. The van der Waals surface area contributed by atoms with E-state index in [0.717, 1.165) is 12.1 Å². The Labute approximate surface area is 276 Å². The van der Waals surface area contributed by atoms with E-state index in [1.807, 2.05) is 0 Å². The second kappa shape index (κ2) is 13.7. The van der Waals surface area contributed by atoms with Crippen LogP contribution in [0.25, 0.3) is 22.1 Å². The lowest BCUT2D eigenvalue weighted by molar-refractivity contribution is -0.384. The number of non-ortho nitro benzene ring substituents is 2. The fourth-order valence-electron chi connectivity index (χ4n) is 4.59. The van der Waals surface area contributed by atoms with Crippen LogP contribution in [-0.4, -0.2) is 63.3 Å². The average molecular weight is 685 g/mol. The maximum absolute atomic E-state index is 13.0. The maximum Gasteiger partial charge on any atom is 0.276 e. The van der Waals surface area contributed by atoms with Gasteiger partial charge in [-0.15, -0.1) is 20.4 Å². The summed E-state index contributed by atoms with van der Waals surface area (Å²) in [7, 11) is 0. The van der Waals surface area contributed by atoms with Crippen molar-refractivity contribution >= 4 is 56.8 Å². The molecule has 0 radical (unpaired) electrons. The van der Waals surface area contributed by atoms with Gasteiger partial charge in [0.25, 0.3) is 22.5 Å². The van der Waals surface area contributed by atoms with E-state index < -0.39 is 67.9 Å². The molecule has 0 aliphatic rings. The minimum absolute atomic E-state index is 0.0428. The van der Waals surface area contributed by atoms with E-state index in [1.165, 1.54) is 48.5 Å². The molecule has 0 saturated heterocycles. The smallest absolute Gasteiger partial charge is 0.276 e. The molecule has 0 spiro atoms. The Bertz CT molecular complexity index is 2240. The lowest BCUT2D eigenvalue weighted by Gasteiger charge is -2.16. The zero-order valence-electron chi connectivity index (χ0n) is 25.2. The summed E-state index contributed by atoms with van der Waals surface area (Å²) in [5.41, 5.74) is 18.2. The minimum Gasteiger partial charge on any atom is -0.382 e. The summed E-state index contributed by atoms with van der Waals surface area (Å²) in [5, 5.41) is 59.7. The highest BCUT2D eigenvalue weighted by Gasteiger charge is 2.26. The van der Waals surface area contributed by atoms with Crippen LogP contribution in [0.3, 0.4) is 0 Å². The maximum atomic E-state index is 13.0. The van der Waals surface area contributed by atoms with Gasteiger partial charge in [0.15, 0.2) is 11.4 Å². The third kappa shape index (κ3) is 7.09. The Morgan fingerprint density at radius 1 is 0.640 bits per heavy atom. The van der Waals surface area contributed by atoms with Crippen molar-refractivity contribution in [2.24, 2.45) is 43.3 Å². The molecule has 2 atom stereocenters. The van der Waals surface area contributed by atoms with E-state index in [9.17, 15) is 40.0 Å². The fourth-order valence-corrected chi connectivity index (χ4v) is 4.59. The Morgan fingerprint density at radius 3 is 1.32 bits per heavy atom. The second-order valence-electron chi connectivity index (χ2n) is 10.2. The van der Waals surface area contributed by atoms with Crippen LogP contribution < -0.4 is 34.1 Å². The van der Waals surface area contributed by atoms with Crippen LogP contribution in [-0.2, 0) is 0 Å². The molecule has 2 heterocycles. The Kier molecular flexibility index (Phi) is 9.30. The Morgan fingerprint density at radius 2 is 1.00 bits per heavy atom. The molecule has 0 aliphatic heterocycles. The molecular weight excluding hydrogens is 660 g/mol. The number of aromatic nitrogens is 4. The van der Waals surface area contributed by atoms with Crippen LogP contribution in [0.5, 0.6) is 0 Å². The molecule has 0 fully saturated rings. The number of nitrogens with zero attached hydrogens (tertiary/aromatic N) is 8. The quantitative estimate of drug-likeness (QED) is 0.0394. The van der Waals surface area contributed by atoms with Gasteiger partial charge in [0.1, 0.15) is 23.6 Å². The molecule has 50 heavy (non-hydrogen) atoms. The molecule has 0 bridgehead atoms. The van der Waals surface area contributed by atoms with Gasteiger partial charge in [-0.1, -0.05) is 24.3 Å². The van der Waals surface area contributed by atoms with E-state index in [-0.39, 0.29) is 44.6 Å². The van der Waals surface area contributed by atoms with Gasteiger partial charge < -0.3 is 43.1 Å². The number of aliphatic hydroxyl groups is 2. The van der Waals surface area contributed by atoms with Gasteiger partial charge >= 0.3 is 0 Å². The van der Waals surface area contributed by atoms with Crippen LogP contribution in [0.4, 0.5) is 11.4 Å². The Balaban J connectivity index is 1.53. The lowest BCUT2D eigenvalue weighted by atomic mass is 9.97. The van der Waals surface area contributed by atoms with E-state index in [1.54, 1.807) is 0 Å². The summed E-state index contributed by atoms with van der Waals surface area (Å²) < 4.78 is 0. The summed E-state index contributed by atoms with van der Waals surface area (Å²) in [5.74, 6) is -1.02. The first kappa shape index (κ1) is 33.9. The summed E-state index contributed by atoms with van der Waals surface area (Å²) in [6, 6.07) is 12.5. The van der Waals surface area contributed by atoms with E-state index in [0.29, 0.717) is 0 Å². The number of fused-ring (bicyclic) bond motifs is 2. The number of hydrogen-bond donors (Lipinski definition) is 8. The number of nitro groups is 2. The lowest BCUT2D eigenvalue weighted by Crippen LogP contribution is -2.27. The van der Waals surface area contributed by atoms with Crippen molar-refractivity contribution in [3.8, 4) is 0 Å². The molecule has 5 aromatic rings. The van der Waals surface area contributed by atoms with Gasteiger partial charge in [-0.3, -0.25) is 29.8 Å². The van der Waals surface area contributed by atoms with Crippen LogP contribution in [0.2, 0.25) is 0 Å². The van der Waals surface area contributed by atoms with Crippen molar-refractivity contribution in [2.45, 2.75) is 12.2 Å². The van der Waals surface area contributed by atoms with Crippen molar-refractivity contribution in [3.63, 3.8) is 0 Å². The highest BCUT2D eigenvalue weighted by atomic mass is 16.6. The monoisotopic (exact) mass is 684 g/mol. The molecular formula is C28H24N14O8. The second-order valence-corrected chi connectivity index (χ2v) is 10.2. The molecule has 2 aromatic heterocycles. The minimum atomic E-state index is -1.70. The largest absolute Gasteiger partial charge is 0.382 e. The number of aromatic amines is 2. The van der Waals surface area contributed by atoms with Gasteiger partial charge in [-0.2, -0.15) is 0 Å². The van der Waals surface area contributed by atoms with Crippen molar-refractivity contribution < 1.29 is 20.1 Å². The third-order valence-electron chi connectivity index (χ3n) is 6.89. The Hall–Kier alpha value is -7.46. The summed E-state index contributed by atoms with van der Waals surface area (Å²) in [4.78, 5) is 60.4. The van der Waals surface area contributed by atoms with Gasteiger partial charge in [-0.25, -0.2) is 9.97 Å². The summed E-state index contributed by atoms with van der Waals surface area (Å²) in [6.45, 7) is 0. The number of nitrogens with one attached hydrogen (secondary N) is 2. The number of rotatable bonds is 10. The van der Waals surface area contributed by atoms with E-state index in [2.05, 4.69) is 40.3 Å². The molecule has 5 rings (SSSR count). The van der Waals surface area contributed by atoms with Gasteiger partial charge in [0.2, 0.25) is 11.9 Å². The van der Waals surface area contributed by atoms with Crippen molar-refractivity contribution in [3.05, 3.63) is 124 Å². The highest BCUT2D eigenvalue weighted by Crippen LogP contribution is 2.25. The number of benzene rings is 3. The van der Waals surface area contributed by atoms with Gasteiger partial charge in [-0.05, 0) is 23.3 Å². The van der Waals surface area contributed by atoms with E-state index in [4.69, 9.17) is 22.9 Å². The highest BCUT2D eigenvalue weighted by molar-refractivity contribution is 6.04. The van der Waals surface area contributed by atoms with Crippen molar-refractivity contribution in [2.75, 3.05) is 0 Å². The number of guanidine groups is 2. The molecule has 254 valence electrons. The SMILES string of the molecule is NC(N)=N/N=C(/c1nc2ccc([N+](=O)[O-])cc2[nH]c1=O)C(O)c1ccc(C(O)/C(=N\N=C(N)N)c2nc3ccc([N+](=O)[O-])cc3[nH]c2=O)cc1. The zero-order chi connectivity index (χ0) is 36.3. The van der Waals surface area contributed by atoms with Gasteiger partial charge in [0.05, 0.1) is 31.9 Å². The van der Waals surface area contributed by atoms with E-state index >= 15 is 0 Å². The van der Waals surface area contributed by atoms with Crippen LogP contribution in [0, 0.1) is 20.2 Å². The number of nitrogens with two attached hydrogens (primary N) is 4. The van der Waals surface area contributed by atoms with Crippen molar-refractivity contribution in [1.82, 2.24) is 19.9 Å². The number of H-pyrrole nitrogens is 2. The average Bonchev–Trinajstić information content (AvgIpc) is 3.07. The number of nitro benzene ring substituents is 2. The molecule has 0 aliphatic carbocycles. The molecule has 22 nitrogen and oxygen atoms in total. The summed E-state index contributed by atoms with van der Waals surface area (Å²) in [6.07, 6.45) is -3.39. The first-order valence-corrected chi connectivity index (χ1v) is 13.9. The molecule has 12 N–H and O–H groups in total. The fraction of sp³-hybridized carbons (Fsp3) is 0.0714. The standard InChI is InChI=1S/C28H24N14O8/c29-27(30)39-37-19(21-25(45)35-17-9-13(41(47)48)5-7-15(17)33-21)23(43)11-1-2-12(4-3-11)24(44)20(38-40-28(31)32)22-26(46)36-18-10-14(42(49)50)6-8-16(18)34-22/h1-10,23-24,43-44H,(H,35,45)(H,36,46)(H4,29,30,39)(H4,31,32,40)/b37-19-,38-20-. The molecule has 22 heteroatoms. The van der Waals surface area contributed by atoms with Gasteiger partial charge in [0, 0.05) is 24.3 Å². The zero-order valence-corrected chi connectivity index (χ0v) is 25.2.